The van der Waals surface area contributed by atoms with Crippen LogP contribution in [0.1, 0.15) is 16.7 Å². The van der Waals surface area contributed by atoms with Gasteiger partial charge in [0.1, 0.15) is 12.4 Å². The SMILES string of the molecule is Cc1ccc(OCc2cccc(Br)c2)c(C=CC(=O)O)c1. The van der Waals surface area contributed by atoms with Crippen LogP contribution in [0.25, 0.3) is 6.08 Å². The van der Waals surface area contributed by atoms with Gasteiger partial charge < -0.3 is 9.84 Å². The Morgan fingerprint density at radius 2 is 2.10 bits per heavy atom. The number of halogens is 1. The number of benzene rings is 2. The van der Waals surface area contributed by atoms with E-state index in [1.165, 1.54) is 0 Å². The van der Waals surface area contributed by atoms with Gasteiger partial charge in [-0.3, -0.25) is 0 Å². The maximum atomic E-state index is 10.7. The van der Waals surface area contributed by atoms with Crippen LogP contribution in [-0.4, -0.2) is 11.1 Å². The van der Waals surface area contributed by atoms with Gasteiger partial charge >= 0.3 is 5.97 Å². The van der Waals surface area contributed by atoms with Gasteiger partial charge in [0.05, 0.1) is 0 Å². The first-order chi connectivity index (χ1) is 10.0. The largest absolute Gasteiger partial charge is 0.488 e. The quantitative estimate of drug-likeness (QED) is 0.814. The number of carbonyl (C=O) groups is 1. The minimum Gasteiger partial charge on any atom is -0.488 e. The van der Waals surface area contributed by atoms with E-state index in [0.29, 0.717) is 12.4 Å². The molecule has 0 spiro atoms. The van der Waals surface area contributed by atoms with E-state index in [-0.39, 0.29) is 0 Å². The summed E-state index contributed by atoms with van der Waals surface area (Å²) in [7, 11) is 0. The number of aliphatic carboxylic acids is 1. The number of carboxylic acid groups (broad SMARTS) is 1. The Balaban J connectivity index is 2.17. The Labute approximate surface area is 132 Å². The fraction of sp³-hybridized carbons (Fsp3) is 0.118. The molecule has 2 aromatic carbocycles. The van der Waals surface area contributed by atoms with Crippen molar-refractivity contribution in [3.05, 3.63) is 69.7 Å². The zero-order chi connectivity index (χ0) is 15.2. The molecule has 0 aromatic heterocycles. The monoisotopic (exact) mass is 346 g/mol. The average molecular weight is 347 g/mol. The molecule has 4 heteroatoms. The molecule has 0 aliphatic heterocycles. The standard InChI is InChI=1S/C17H15BrO3/c1-12-5-7-16(14(9-12)6-8-17(19)20)21-11-13-3-2-4-15(18)10-13/h2-10H,11H2,1H3,(H,19,20). The molecule has 1 N–H and O–H groups in total. The molecule has 0 bridgehead atoms. The molecule has 0 aliphatic rings. The first-order valence-electron chi connectivity index (χ1n) is 6.43. The molecule has 0 amide bonds. The third-order valence-corrected chi connectivity index (χ3v) is 3.35. The maximum Gasteiger partial charge on any atom is 0.328 e. The van der Waals surface area contributed by atoms with E-state index in [1.54, 1.807) is 6.08 Å². The van der Waals surface area contributed by atoms with Gasteiger partial charge in [-0.15, -0.1) is 0 Å². The van der Waals surface area contributed by atoms with E-state index in [4.69, 9.17) is 9.84 Å². The van der Waals surface area contributed by atoms with Gasteiger partial charge in [0.2, 0.25) is 0 Å². The predicted octanol–water partition coefficient (Wildman–Crippen LogP) is 4.43. The molecule has 0 saturated carbocycles. The van der Waals surface area contributed by atoms with Crippen molar-refractivity contribution < 1.29 is 14.6 Å². The second-order valence-electron chi connectivity index (χ2n) is 4.63. The number of hydrogen-bond donors (Lipinski definition) is 1. The van der Waals surface area contributed by atoms with Crippen molar-refractivity contribution in [3.63, 3.8) is 0 Å². The summed E-state index contributed by atoms with van der Waals surface area (Å²) in [6.45, 7) is 2.38. The summed E-state index contributed by atoms with van der Waals surface area (Å²) in [4.78, 5) is 10.7. The molecule has 0 heterocycles. The predicted molar refractivity (Wildman–Crippen MR) is 86.3 cm³/mol. The highest BCUT2D eigenvalue weighted by Gasteiger charge is 2.03. The highest BCUT2D eigenvalue weighted by atomic mass is 79.9. The van der Waals surface area contributed by atoms with Gasteiger partial charge in [-0.25, -0.2) is 4.79 Å². The van der Waals surface area contributed by atoms with E-state index in [0.717, 1.165) is 27.2 Å². The van der Waals surface area contributed by atoms with E-state index in [1.807, 2.05) is 49.4 Å². The van der Waals surface area contributed by atoms with Crippen LogP contribution < -0.4 is 4.74 Å². The van der Waals surface area contributed by atoms with Crippen molar-refractivity contribution in [2.45, 2.75) is 13.5 Å². The van der Waals surface area contributed by atoms with Crippen LogP contribution in [0.2, 0.25) is 0 Å². The van der Waals surface area contributed by atoms with Crippen LogP contribution in [0.3, 0.4) is 0 Å². The molecule has 2 aromatic rings. The number of aryl methyl sites for hydroxylation is 1. The molecule has 3 nitrogen and oxygen atoms in total. The van der Waals surface area contributed by atoms with Gasteiger partial charge in [-0.1, -0.05) is 39.7 Å². The van der Waals surface area contributed by atoms with Crippen LogP contribution in [0.5, 0.6) is 5.75 Å². The fourth-order valence-corrected chi connectivity index (χ4v) is 2.33. The smallest absolute Gasteiger partial charge is 0.328 e. The van der Waals surface area contributed by atoms with Crippen LogP contribution >= 0.6 is 15.9 Å². The molecule has 0 aliphatic carbocycles. The fourth-order valence-electron chi connectivity index (χ4n) is 1.88. The summed E-state index contributed by atoms with van der Waals surface area (Å²) in [5.74, 6) is -0.312. The molecule has 108 valence electrons. The molecule has 2 rings (SSSR count). The first kappa shape index (κ1) is 15.3. The van der Waals surface area contributed by atoms with Gasteiger partial charge in [-0.05, 0) is 42.8 Å². The summed E-state index contributed by atoms with van der Waals surface area (Å²) in [5.41, 5.74) is 2.85. The van der Waals surface area contributed by atoms with E-state index >= 15 is 0 Å². The molecule has 21 heavy (non-hydrogen) atoms. The lowest BCUT2D eigenvalue weighted by molar-refractivity contribution is -0.131. The Morgan fingerprint density at radius 1 is 1.29 bits per heavy atom. The molecule has 0 radical (unpaired) electrons. The minimum atomic E-state index is -0.977. The van der Waals surface area contributed by atoms with E-state index in [2.05, 4.69) is 15.9 Å². The first-order valence-corrected chi connectivity index (χ1v) is 7.23. The lowest BCUT2D eigenvalue weighted by atomic mass is 10.1. The topological polar surface area (TPSA) is 46.5 Å². The van der Waals surface area contributed by atoms with E-state index < -0.39 is 5.97 Å². The van der Waals surface area contributed by atoms with Crippen molar-refractivity contribution in [2.75, 3.05) is 0 Å². The highest BCUT2D eigenvalue weighted by Crippen LogP contribution is 2.23. The molecule has 0 atom stereocenters. The normalized spacial score (nSPS) is 10.8. The molecule has 0 fully saturated rings. The van der Waals surface area contributed by atoms with Crippen LogP contribution in [0.15, 0.2) is 53.0 Å². The Bertz CT molecular complexity index is 677. The minimum absolute atomic E-state index is 0.427. The summed E-state index contributed by atoms with van der Waals surface area (Å²) in [6, 6.07) is 13.6. The van der Waals surface area contributed by atoms with Crippen LogP contribution in [0.4, 0.5) is 0 Å². The highest BCUT2D eigenvalue weighted by molar-refractivity contribution is 9.10. The lowest BCUT2D eigenvalue weighted by Gasteiger charge is -2.10. The van der Waals surface area contributed by atoms with E-state index in [9.17, 15) is 4.79 Å². The summed E-state index contributed by atoms with van der Waals surface area (Å²) >= 11 is 3.42. The lowest BCUT2D eigenvalue weighted by Crippen LogP contribution is -1.97. The van der Waals surface area contributed by atoms with Crippen molar-refractivity contribution in [2.24, 2.45) is 0 Å². The number of carboxylic acids is 1. The average Bonchev–Trinajstić information content (AvgIpc) is 2.44. The van der Waals surface area contributed by atoms with Gasteiger partial charge in [0.15, 0.2) is 0 Å². The second-order valence-corrected chi connectivity index (χ2v) is 5.55. The molecule has 0 saturated heterocycles. The summed E-state index contributed by atoms with van der Waals surface area (Å²) in [6.07, 6.45) is 2.66. The van der Waals surface area contributed by atoms with Crippen LogP contribution in [0, 0.1) is 6.92 Å². The van der Waals surface area contributed by atoms with Gasteiger partial charge in [0, 0.05) is 16.1 Å². The molecular weight excluding hydrogens is 332 g/mol. The third kappa shape index (κ3) is 4.76. The zero-order valence-electron chi connectivity index (χ0n) is 11.5. The van der Waals surface area contributed by atoms with Crippen molar-refractivity contribution >= 4 is 28.0 Å². The van der Waals surface area contributed by atoms with Crippen LogP contribution in [-0.2, 0) is 11.4 Å². The number of rotatable bonds is 5. The summed E-state index contributed by atoms with van der Waals surface area (Å²) in [5, 5.41) is 8.74. The Kier molecular flexibility index (Phi) is 5.17. The third-order valence-electron chi connectivity index (χ3n) is 2.85. The maximum absolute atomic E-state index is 10.7. The molecule has 0 unspecified atom stereocenters. The second kappa shape index (κ2) is 7.09. The van der Waals surface area contributed by atoms with Crippen molar-refractivity contribution in [1.29, 1.82) is 0 Å². The summed E-state index contributed by atoms with van der Waals surface area (Å²) < 4.78 is 6.80. The number of ether oxygens (including phenoxy) is 1. The van der Waals surface area contributed by atoms with Crippen molar-refractivity contribution in [1.82, 2.24) is 0 Å². The zero-order valence-corrected chi connectivity index (χ0v) is 13.1. The number of hydrogen-bond acceptors (Lipinski definition) is 2. The Hall–Kier alpha value is -2.07. The van der Waals surface area contributed by atoms with Gasteiger partial charge in [0.25, 0.3) is 0 Å². The molecular formula is C17H15BrO3. The van der Waals surface area contributed by atoms with Gasteiger partial charge in [-0.2, -0.15) is 0 Å². The van der Waals surface area contributed by atoms with Crippen molar-refractivity contribution in [3.8, 4) is 5.75 Å². The Morgan fingerprint density at radius 3 is 2.81 bits per heavy atom.